The van der Waals surface area contributed by atoms with Crippen LogP contribution >= 0.6 is 15.9 Å². The van der Waals surface area contributed by atoms with Gasteiger partial charge in [0.1, 0.15) is 5.75 Å². The molecule has 128 valence electrons. The molecule has 7 nitrogen and oxygen atoms in total. The summed E-state index contributed by atoms with van der Waals surface area (Å²) in [6.07, 6.45) is -0.205. The lowest BCUT2D eigenvalue weighted by Gasteiger charge is -2.24. The van der Waals surface area contributed by atoms with Crippen LogP contribution in [-0.2, 0) is 9.47 Å². The highest BCUT2D eigenvalue weighted by Gasteiger charge is 2.97. The van der Waals surface area contributed by atoms with Gasteiger partial charge in [-0.2, -0.15) is 10.5 Å². The number of nitrogens with two attached hydrogens (primary N) is 1. The maximum atomic E-state index is 10.1. The first-order valence-corrected chi connectivity index (χ1v) is 8.60. The van der Waals surface area contributed by atoms with Crippen LogP contribution in [0.25, 0.3) is 0 Å². The molecule has 2 aliphatic heterocycles. The number of nitriles is 2. The van der Waals surface area contributed by atoms with Crippen LogP contribution in [0.15, 0.2) is 22.7 Å². The van der Waals surface area contributed by atoms with Crippen molar-refractivity contribution in [3.05, 3.63) is 28.2 Å². The minimum Gasteiger partial charge on any atom is -0.496 e. The van der Waals surface area contributed by atoms with Gasteiger partial charge in [0.2, 0.25) is 0 Å². The second kappa shape index (κ2) is 4.95. The topological polar surface area (TPSA) is 115 Å². The van der Waals surface area contributed by atoms with Gasteiger partial charge in [-0.3, -0.25) is 5.73 Å². The van der Waals surface area contributed by atoms with Crippen molar-refractivity contribution in [2.24, 2.45) is 16.6 Å². The summed E-state index contributed by atoms with van der Waals surface area (Å²) < 4.78 is 17.8. The molecule has 25 heavy (non-hydrogen) atoms. The minimum absolute atomic E-state index is 0.205. The summed E-state index contributed by atoms with van der Waals surface area (Å²) in [6, 6.07) is 10.0. The van der Waals surface area contributed by atoms with Gasteiger partial charge < -0.3 is 14.2 Å². The summed E-state index contributed by atoms with van der Waals surface area (Å²) in [4.78, 5) is 2.95. The first kappa shape index (κ1) is 16.3. The molecule has 2 heterocycles. The van der Waals surface area contributed by atoms with Crippen molar-refractivity contribution in [1.29, 1.82) is 10.5 Å². The molecule has 1 aromatic carbocycles. The van der Waals surface area contributed by atoms with Gasteiger partial charge in [-0.05, 0) is 40.5 Å². The monoisotopic (exact) mass is 403 g/mol. The van der Waals surface area contributed by atoms with Gasteiger partial charge in [-0.1, -0.05) is 6.07 Å². The van der Waals surface area contributed by atoms with Crippen LogP contribution in [0.4, 0.5) is 0 Å². The summed E-state index contributed by atoms with van der Waals surface area (Å²) in [5, 5.41) is 20.0. The third-order valence-electron chi connectivity index (χ3n) is 5.40. The molecule has 3 aliphatic rings. The Morgan fingerprint density at radius 3 is 2.68 bits per heavy atom. The molecule has 1 aromatic rings. The number of nitrogens with one attached hydrogen (secondary N) is 1. The van der Waals surface area contributed by atoms with E-state index in [1.807, 2.05) is 19.1 Å². The standard InChI is InChI=1S/C17H15BrN4O3/c1-9-6-24-17(25-9)16(8-20)13(15(16,7-19)14(21)22-17)10-3-4-12(23-2)11(18)5-10/h3-5,9,13H,6H2,1-2H3,(H2,21,22)/p+1/t9-,13+,15+,16+,17-/m0/s1. The summed E-state index contributed by atoms with van der Waals surface area (Å²) >= 11 is 3.45. The van der Waals surface area contributed by atoms with E-state index < -0.39 is 22.7 Å². The van der Waals surface area contributed by atoms with Crippen LogP contribution in [0.1, 0.15) is 18.4 Å². The molecule has 1 saturated carbocycles. The van der Waals surface area contributed by atoms with Gasteiger partial charge in [0.15, 0.2) is 10.8 Å². The maximum absolute atomic E-state index is 10.1. The Balaban J connectivity index is 1.89. The van der Waals surface area contributed by atoms with Crippen LogP contribution < -0.4 is 15.5 Å². The lowest BCUT2D eigenvalue weighted by molar-refractivity contribution is -0.677. The van der Waals surface area contributed by atoms with Crippen LogP contribution in [0.3, 0.4) is 0 Å². The third-order valence-corrected chi connectivity index (χ3v) is 6.02. The van der Waals surface area contributed by atoms with E-state index >= 15 is 0 Å². The SMILES string of the molecule is COc1ccc([C@H]2[C@@]3(C#N)[C@]4([NH+]=C(N)[C@@]23C#N)OC[C@H](C)O4)cc1Br. The number of amidine groups is 1. The molecule has 0 amide bonds. The van der Waals surface area contributed by atoms with Crippen LogP contribution in [0.2, 0.25) is 0 Å². The van der Waals surface area contributed by atoms with Gasteiger partial charge in [-0.15, -0.1) is 0 Å². The molecule has 8 heteroatoms. The number of halogens is 1. The highest BCUT2D eigenvalue weighted by Crippen LogP contribution is 2.79. The van der Waals surface area contributed by atoms with Crippen LogP contribution in [0, 0.1) is 33.5 Å². The Hall–Kier alpha value is -2.13. The molecule has 5 atom stereocenters. The van der Waals surface area contributed by atoms with E-state index in [1.165, 1.54) is 0 Å². The zero-order valence-electron chi connectivity index (χ0n) is 13.7. The minimum atomic E-state index is -1.40. The van der Waals surface area contributed by atoms with Gasteiger partial charge in [0.05, 0.1) is 36.4 Å². The van der Waals surface area contributed by atoms with Crippen LogP contribution in [-0.4, -0.2) is 31.6 Å². The molecular formula is C17H16BrN4O3+. The Kier molecular flexibility index (Phi) is 3.24. The number of benzene rings is 1. The second-order valence-electron chi connectivity index (χ2n) is 6.56. The Morgan fingerprint density at radius 1 is 1.40 bits per heavy atom. The predicted molar refractivity (Wildman–Crippen MR) is 88.9 cm³/mol. The molecule has 0 unspecified atom stereocenters. The summed E-state index contributed by atoms with van der Waals surface area (Å²) in [7, 11) is 1.57. The average molecular weight is 404 g/mol. The fourth-order valence-corrected chi connectivity index (χ4v) is 4.88. The van der Waals surface area contributed by atoms with E-state index in [0.717, 1.165) is 10.0 Å². The van der Waals surface area contributed by atoms with Crippen LogP contribution in [0.5, 0.6) is 5.75 Å². The number of ether oxygens (including phenoxy) is 3. The number of hydrogen-bond donors (Lipinski definition) is 2. The van der Waals surface area contributed by atoms with Gasteiger partial charge in [0, 0.05) is 5.92 Å². The highest BCUT2D eigenvalue weighted by molar-refractivity contribution is 9.10. The number of methoxy groups -OCH3 is 1. The number of fused-ring (bicyclic) bond motifs is 2. The fraction of sp³-hybridized carbons (Fsp3) is 0.471. The molecule has 0 aromatic heterocycles. The normalized spacial score (nSPS) is 40.9. The molecule has 1 aliphatic carbocycles. The number of nitrogens with zero attached hydrogens (tertiary/aromatic N) is 2. The van der Waals surface area contributed by atoms with E-state index in [4.69, 9.17) is 19.9 Å². The van der Waals surface area contributed by atoms with Crippen molar-refractivity contribution in [1.82, 2.24) is 0 Å². The number of rotatable bonds is 2. The molecule has 3 N–H and O–H groups in total. The lowest BCUT2D eigenvalue weighted by Crippen LogP contribution is -2.90. The Bertz CT molecular complexity index is 891. The molecular weight excluding hydrogens is 388 g/mol. The zero-order valence-corrected chi connectivity index (χ0v) is 15.3. The summed E-state index contributed by atoms with van der Waals surface area (Å²) in [6.45, 7) is 2.18. The Morgan fingerprint density at radius 2 is 2.16 bits per heavy atom. The smallest absolute Gasteiger partial charge is 0.343 e. The molecule has 1 spiro atoms. The van der Waals surface area contributed by atoms with E-state index in [1.54, 1.807) is 13.2 Å². The Labute approximate surface area is 153 Å². The van der Waals surface area contributed by atoms with E-state index in [-0.39, 0.29) is 11.9 Å². The van der Waals surface area contributed by atoms with E-state index in [2.05, 4.69) is 33.1 Å². The second-order valence-corrected chi connectivity index (χ2v) is 7.42. The third kappa shape index (κ3) is 1.63. The van der Waals surface area contributed by atoms with Gasteiger partial charge in [0.25, 0.3) is 5.84 Å². The van der Waals surface area contributed by atoms with Crippen molar-refractivity contribution in [3.63, 3.8) is 0 Å². The van der Waals surface area contributed by atoms with Crippen molar-refractivity contribution in [2.75, 3.05) is 13.7 Å². The highest BCUT2D eigenvalue weighted by atomic mass is 79.9. The average Bonchev–Trinajstić information content (AvgIpc) is 2.99. The van der Waals surface area contributed by atoms with Crippen molar-refractivity contribution in [2.45, 2.75) is 24.9 Å². The van der Waals surface area contributed by atoms with E-state index in [0.29, 0.717) is 12.4 Å². The van der Waals surface area contributed by atoms with E-state index in [9.17, 15) is 10.5 Å². The molecule has 2 fully saturated rings. The first-order chi connectivity index (χ1) is 11.9. The molecule has 0 bridgehead atoms. The fourth-order valence-electron chi connectivity index (χ4n) is 4.33. The summed E-state index contributed by atoms with van der Waals surface area (Å²) in [5.74, 6) is -0.998. The predicted octanol–water partition coefficient (Wildman–Crippen LogP) is 0.115. The summed E-state index contributed by atoms with van der Waals surface area (Å²) in [5.41, 5.74) is 4.52. The van der Waals surface area contributed by atoms with Crippen molar-refractivity contribution < 1.29 is 19.2 Å². The zero-order chi connectivity index (χ0) is 18.0. The first-order valence-electron chi connectivity index (χ1n) is 7.81. The molecule has 4 rings (SSSR count). The van der Waals surface area contributed by atoms with Crippen molar-refractivity contribution >= 4 is 21.8 Å². The largest absolute Gasteiger partial charge is 0.496 e. The van der Waals surface area contributed by atoms with Crippen molar-refractivity contribution in [3.8, 4) is 17.9 Å². The lowest BCUT2D eigenvalue weighted by atomic mass is 9.94. The van der Waals surface area contributed by atoms with Gasteiger partial charge in [-0.25, -0.2) is 4.99 Å². The molecule has 1 saturated heterocycles. The quantitative estimate of drug-likeness (QED) is 0.724. The van der Waals surface area contributed by atoms with Gasteiger partial charge >= 0.3 is 5.91 Å². The number of hydrogen-bond acceptors (Lipinski definition) is 6. The molecule has 0 radical (unpaired) electrons. The maximum Gasteiger partial charge on any atom is 0.343 e.